The number of nitrogens with one attached hydrogen (secondary N) is 2. The number of benzene rings is 2. The Morgan fingerprint density at radius 1 is 1.16 bits per heavy atom. The molecule has 164 valence electrons. The molecule has 1 saturated heterocycles. The molecule has 1 aliphatic rings. The molecule has 1 aromatic heterocycles. The Balaban J connectivity index is 1.35. The lowest BCUT2D eigenvalue weighted by atomic mass is 10.2. The molecule has 2 heterocycles. The first-order chi connectivity index (χ1) is 14.8. The summed E-state index contributed by atoms with van der Waals surface area (Å²) in [4.78, 5) is 18.6. The molecule has 1 fully saturated rings. The largest absolute Gasteiger partial charge is 0.423 e. The zero-order valence-electron chi connectivity index (χ0n) is 16.3. The molecule has 31 heavy (non-hydrogen) atoms. The van der Waals surface area contributed by atoms with Gasteiger partial charge in [0.2, 0.25) is 15.9 Å². The molecule has 0 bridgehead atoms. The van der Waals surface area contributed by atoms with Crippen LogP contribution in [-0.2, 0) is 14.8 Å². The highest BCUT2D eigenvalue weighted by atomic mass is 35.5. The Hall–Kier alpha value is -2.33. The number of sulfonamides is 1. The van der Waals surface area contributed by atoms with E-state index in [9.17, 15) is 13.2 Å². The van der Waals surface area contributed by atoms with Gasteiger partial charge in [-0.25, -0.2) is 13.1 Å². The van der Waals surface area contributed by atoms with Crippen LogP contribution in [0.4, 0.5) is 6.01 Å². The lowest BCUT2D eigenvalue weighted by Gasteiger charge is -2.23. The number of halogens is 2. The van der Waals surface area contributed by atoms with Crippen LogP contribution < -0.4 is 14.9 Å². The summed E-state index contributed by atoms with van der Waals surface area (Å²) in [6.07, 6.45) is 1.80. The first-order valence-electron chi connectivity index (χ1n) is 9.68. The molecule has 1 aliphatic heterocycles. The van der Waals surface area contributed by atoms with Crippen molar-refractivity contribution in [1.82, 2.24) is 15.0 Å². The number of carbonyl (C=O) groups excluding carboxylic acids is 1. The van der Waals surface area contributed by atoms with Crippen LogP contribution in [0, 0.1) is 0 Å². The second-order valence-corrected chi connectivity index (χ2v) is 9.65. The van der Waals surface area contributed by atoms with E-state index < -0.39 is 22.5 Å². The van der Waals surface area contributed by atoms with Gasteiger partial charge in [0.1, 0.15) is 10.4 Å². The second kappa shape index (κ2) is 9.04. The molecule has 0 radical (unpaired) electrons. The fraction of sp³-hybridized carbons (Fsp3) is 0.300. The van der Waals surface area contributed by atoms with Crippen LogP contribution in [0.1, 0.15) is 12.8 Å². The number of hydrogen-bond donors (Lipinski definition) is 2. The number of anilines is 1. The number of oxazole rings is 1. The van der Waals surface area contributed by atoms with Gasteiger partial charge in [-0.3, -0.25) is 4.79 Å². The molecule has 2 aromatic carbocycles. The highest BCUT2D eigenvalue weighted by molar-refractivity contribution is 7.89. The third-order valence-electron chi connectivity index (χ3n) is 5.05. The molecule has 4 rings (SSSR count). The molecule has 1 unspecified atom stereocenters. The summed E-state index contributed by atoms with van der Waals surface area (Å²) in [5.41, 5.74) is 1.49. The van der Waals surface area contributed by atoms with Crippen LogP contribution in [0.3, 0.4) is 0 Å². The minimum absolute atomic E-state index is 0.00614. The van der Waals surface area contributed by atoms with Crippen molar-refractivity contribution in [3.8, 4) is 0 Å². The van der Waals surface area contributed by atoms with Crippen molar-refractivity contribution >= 4 is 56.2 Å². The molecule has 2 N–H and O–H groups in total. The highest BCUT2D eigenvalue weighted by Crippen LogP contribution is 2.29. The van der Waals surface area contributed by atoms with Gasteiger partial charge in [0, 0.05) is 13.1 Å². The van der Waals surface area contributed by atoms with E-state index in [1.807, 2.05) is 29.2 Å². The van der Waals surface area contributed by atoms with Gasteiger partial charge in [-0.15, -0.1) is 0 Å². The monoisotopic (exact) mass is 482 g/mol. The van der Waals surface area contributed by atoms with Gasteiger partial charge in [0.25, 0.3) is 6.01 Å². The van der Waals surface area contributed by atoms with E-state index in [0.717, 1.165) is 24.9 Å². The molecule has 1 atom stereocenters. The second-order valence-electron chi connectivity index (χ2n) is 7.13. The van der Waals surface area contributed by atoms with Crippen molar-refractivity contribution in [2.24, 2.45) is 0 Å². The topological polar surface area (TPSA) is 105 Å². The maximum Gasteiger partial charge on any atom is 0.298 e. The molecular weight excluding hydrogens is 463 g/mol. The number of nitrogens with zero attached hydrogens (tertiary/aromatic N) is 2. The van der Waals surface area contributed by atoms with Gasteiger partial charge in [-0.05, 0) is 37.1 Å². The summed E-state index contributed by atoms with van der Waals surface area (Å²) in [7, 11) is -4.03. The fourth-order valence-electron chi connectivity index (χ4n) is 3.55. The molecule has 8 nitrogen and oxygen atoms in total. The number of aromatic nitrogens is 1. The minimum Gasteiger partial charge on any atom is -0.423 e. The molecular formula is C20H20Cl2N4O4S. The molecule has 3 aromatic rings. The third kappa shape index (κ3) is 4.79. The van der Waals surface area contributed by atoms with E-state index in [-0.39, 0.29) is 21.0 Å². The zero-order chi connectivity index (χ0) is 22.0. The average molecular weight is 483 g/mol. The van der Waals surface area contributed by atoms with Crippen molar-refractivity contribution in [2.75, 3.05) is 24.5 Å². The number of rotatable bonds is 7. The Morgan fingerprint density at radius 3 is 2.65 bits per heavy atom. The van der Waals surface area contributed by atoms with Gasteiger partial charge in [-0.1, -0.05) is 41.4 Å². The first-order valence-corrected chi connectivity index (χ1v) is 11.9. The van der Waals surface area contributed by atoms with Crippen molar-refractivity contribution < 1.29 is 17.6 Å². The summed E-state index contributed by atoms with van der Waals surface area (Å²) in [6, 6.07) is 12.4. The van der Waals surface area contributed by atoms with Gasteiger partial charge < -0.3 is 14.6 Å². The van der Waals surface area contributed by atoms with Crippen LogP contribution in [0.2, 0.25) is 10.0 Å². The smallest absolute Gasteiger partial charge is 0.298 e. The minimum atomic E-state index is -4.03. The predicted octanol–water partition coefficient (Wildman–Crippen LogP) is 3.20. The summed E-state index contributed by atoms with van der Waals surface area (Å²) in [5, 5.41) is 2.74. The number of carbonyl (C=O) groups is 1. The lowest BCUT2D eigenvalue weighted by Crippen LogP contribution is -2.44. The van der Waals surface area contributed by atoms with Gasteiger partial charge in [0.05, 0.1) is 22.6 Å². The van der Waals surface area contributed by atoms with Crippen molar-refractivity contribution in [3.63, 3.8) is 0 Å². The van der Waals surface area contributed by atoms with E-state index >= 15 is 0 Å². The maximum atomic E-state index is 12.5. The van der Waals surface area contributed by atoms with Crippen LogP contribution in [0.15, 0.2) is 51.8 Å². The van der Waals surface area contributed by atoms with Gasteiger partial charge in [0.15, 0.2) is 5.58 Å². The summed E-state index contributed by atoms with van der Waals surface area (Å²) >= 11 is 11.9. The normalized spacial score (nSPS) is 16.7. The van der Waals surface area contributed by atoms with E-state index in [4.69, 9.17) is 27.6 Å². The number of fused-ring (bicyclic) bond motifs is 1. The van der Waals surface area contributed by atoms with Crippen molar-refractivity contribution in [3.05, 3.63) is 52.5 Å². The molecule has 0 saturated carbocycles. The Bertz CT molecular complexity index is 1160. The average Bonchev–Trinajstić information content (AvgIpc) is 3.36. The summed E-state index contributed by atoms with van der Waals surface area (Å²) in [5.74, 6) is -0.462. The van der Waals surface area contributed by atoms with E-state index in [2.05, 4.69) is 15.0 Å². The van der Waals surface area contributed by atoms with Crippen LogP contribution in [0.5, 0.6) is 0 Å². The van der Waals surface area contributed by atoms with Crippen molar-refractivity contribution in [1.29, 1.82) is 0 Å². The Kier molecular flexibility index (Phi) is 6.38. The molecule has 11 heteroatoms. The van der Waals surface area contributed by atoms with Gasteiger partial charge in [-0.2, -0.15) is 4.98 Å². The summed E-state index contributed by atoms with van der Waals surface area (Å²) < 4.78 is 33.0. The van der Waals surface area contributed by atoms with E-state index in [1.165, 1.54) is 12.1 Å². The maximum absolute atomic E-state index is 12.5. The Morgan fingerprint density at radius 2 is 1.90 bits per heavy atom. The first kappa shape index (κ1) is 21.9. The number of para-hydroxylation sites is 2. The van der Waals surface area contributed by atoms with E-state index in [1.54, 1.807) is 6.07 Å². The predicted molar refractivity (Wildman–Crippen MR) is 119 cm³/mol. The lowest BCUT2D eigenvalue weighted by molar-refractivity contribution is -0.120. The zero-order valence-corrected chi connectivity index (χ0v) is 18.7. The molecule has 1 amide bonds. The number of amides is 1. The number of hydrogen-bond acceptors (Lipinski definition) is 6. The quantitative estimate of drug-likeness (QED) is 0.535. The summed E-state index contributed by atoms with van der Waals surface area (Å²) in [6.45, 7) is 0.677. The van der Waals surface area contributed by atoms with Crippen LogP contribution in [-0.4, -0.2) is 45.0 Å². The molecule has 0 aliphatic carbocycles. The van der Waals surface area contributed by atoms with E-state index in [0.29, 0.717) is 18.1 Å². The standard InChI is InChI=1S/C20H20Cl2N4O4S/c21-14-6-3-7-15(22)19(14)31(28,29)24-12-18(27)23-11-13-5-4-10-26(13)20-25-16-8-1-2-9-17(16)30-20/h1-3,6-9,13,24H,4-5,10-12H2,(H,23,27). The highest BCUT2D eigenvalue weighted by Gasteiger charge is 2.29. The van der Waals surface area contributed by atoms with Crippen LogP contribution in [0.25, 0.3) is 11.1 Å². The SMILES string of the molecule is O=C(CNS(=O)(=O)c1c(Cl)cccc1Cl)NCC1CCCN1c1nc2ccccc2o1. The van der Waals surface area contributed by atoms with Crippen LogP contribution >= 0.6 is 23.2 Å². The fourth-order valence-corrected chi connectivity index (χ4v) is 5.67. The van der Waals surface area contributed by atoms with Gasteiger partial charge >= 0.3 is 0 Å². The molecule has 0 spiro atoms. The Labute approximate surface area is 189 Å². The third-order valence-corrected chi connectivity index (χ3v) is 7.41. The van der Waals surface area contributed by atoms with Crippen molar-refractivity contribution in [2.45, 2.75) is 23.8 Å².